The van der Waals surface area contributed by atoms with Crippen LogP contribution in [-0.2, 0) is 6.54 Å². The summed E-state index contributed by atoms with van der Waals surface area (Å²) in [6.07, 6.45) is 1.75. The predicted octanol–water partition coefficient (Wildman–Crippen LogP) is 3.00. The van der Waals surface area contributed by atoms with E-state index >= 15 is 0 Å². The largest absolute Gasteiger partial charge is 0.495 e. The maximum atomic E-state index is 5.51. The van der Waals surface area contributed by atoms with E-state index in [9.17, 15) is 0 Å². The molecule has 29 heavy (non-hydrogen) atoms. The van der Waals surface area contributed by atoms with Gasteiger partial charge in [-0.2, -0.15) is 0 Å². The molecule has 0 aliphatic carbocycles. The highest BCUT2D eigenvalue weighted by atomic mass is 127. The first-order valence-electron chi connectivity index (χ1n) is 9.65. The average molecular weight is 511 g/mol. The number of ether oxygens (including phenoxy) is 2. The summed E-state index contributed by atoms with van der Waals surface area (Å²) in [4.78, 5) is 13.7. The monoisotopic (exact) mass is 511 g/mol. The predicted molar refractivity (Wildman–Crippen MR) is 128 cm³/mol. The summed E-state index contributed by atoms with van der Waals surface area (Å²) in [6.45, 7) is 7.18. The third-order valence-electron chi connectivity index (χ3n) is 4.76. The molecule has 0 bridgehead atoms. The molecule has 1 aliphatic rings. The van der Waals surface area contributed by atoms with Gasteiger partial charge in [0.15, 0.2) is 5.96 Å². The lowest BCUT2D eigenvalue weighted by Crippen LogP contribution is -2.52. The molecule has 0 amide bonds. The van der Waals surface area contributed by atoms with Gasteiger partial charge in [0.2, 0.25) is 5.88 Å². The number of nitrogens with one attached hydrogen (secondary N) is 1. The Balaban J connectivity index is 0.00000300. The van der Waals surface area contributed by atoms with Gasteiger partial charge in [0, 0.05) is 45.0 Å². The number of guanidine groups is 1. The number of benzene rings is 1. The highest BCUT2D eigenvalue weighted by Crippen LogP contribution is 2.28. The van der Waals surface area contributed by atoms with E-state index in [-0.39, 0.29) is 24.0 Å². The molecule has 1 N–H and O–H groups in total. The van der Waals surface area contributed by atoms with Crippen LogP contribution >= 0.6 is 24.0 Å². The molecule has 1 fully saturated rings. The van der Waals surface area contributed by atoms with E-state index in [1.807, 2.05) is 24.3 Å². The minimum Gasteiger partial charge on any atom is -0.495 e. The van der Waals surface area contributed by atoms with Crippen molar-refractivity contribution in [2.24, 2.45) is 4.99 Å². The topological polar surface area (TPSA) is 62.2 Å². The number of aromatic nitrogens is 1. The van der Waals surface area contributed by atoms with E-state index in [4.69, 9.17) is 14.5 Å². The maximum Gasteiger partial charge on any atom is 0.213 e. The molecule has 1 aromatic heterocycles. The lowest BCUT2D eigenvalue weighted by molar-refractivity contribution is 0.367. The Hall–Kier alpha value is -2.23. The highest BCUT2D eigenvalue weighted by Gasteiger charge is 2.21. The summed E-state index contributed by atoms with van der Waals surface area (Å²) in [5.74, 6) is 2.48. The minimum absolute atomic E-state index is 0. The number of halogens is 1. The fraction of sp³-hybridized carbons (Fsp3) is 0.429. The number of rotatable bonds is 6. The Morgan fingerprint density at radius 3 is 2.55 bits per heavy atom. The van der Waals surface area contributed by atoms with E-state index in [1.165, 1.54) is 0 Å². The first-order chi connectivity index (χ1) is 13.7. The Morgan fingerprint density at radius 2 is 1.86 bits per heavy atom. The van der Waals surface area contributed by atoms with Gasteiger partial charge in [-0.25, -0.2) is 9.98 Å². The SMILES string of the molecule is CCNC(=NCc1ccnc(OC)c1)N1CCN(c2ccccc2OC)CC1.I. The molecule has 8 heteroatoms. The van der Waals surface area contributed by atoms with Gasteiger partial charge in [0.1, 0.15) is 5.75 Å². The third-order valence-corrected chi connectivity index (χ3v) is 4.76. The van der Waals surface area contributed by atoms with Crippen molar-refractivity contribution in [3.05, 3.63) is 48.2 Å². The normalized spacial score (nSPS) is 14.2. The lowest BCUT2D eigenvalue weighted by Gasteiger charge is -2.38. The molecule has 1 saturated heterocycles. The first-order valence-corrected chi connectivity index (χ1v) is 9.65. The van der Waals surface area contributed by atoms with Crippen LogP contribution in [0, 0.1) is 0 Å². The number of pyridine rings is 1. The van der Waals surface area contributed by atoms with Crippen LogP contribution in [0.4, 0.5) is 5.69 Å². The molecule has 0 spiro atoms. The van der Waals surface area contributed by atoms with Crippen LogP contribution in [0.2, 0.25) is 0 Å². The molecule has 2 heterocycles. The summed E-state index contributed by atoms with van der Waals surface area (Å²) in [5.41, 5.74) is 2.23. The molecule has 158 valence electrons. The summed E-state index contributed by atoms with van der Waals surface area (Å²) < 4.78 is 10.7. The fourth-order valence-electron chi connectivity index (χ4n) is 3.30. The van der Waals surface area contributed by atoms with Gasteiger partial charge >= 0.3 is 0 Å². The minimum atomic E-state index is 0. The van der Waals surface area contributed by atoms with Crippen molar-refractivity contribution in [3.8, 4) is 11.6 Å². The molecular weight excluding hydrogens is 481 g/mol. The van der Waals surface area contributed by atoms with Gasteiger partial charge in [0.05, 0.1) is 26.5 Å². The summed E-state index contributed by atoms with van der Waals surface area (Å²) in [7, 11) is 3.35. The van der Waals surface area contributed by atoms with Crippen molar-refractivity contribution in [3.63, 3.8) is 0 Å². The molecule has 3 rings (SSSR count). The van der Waals surface area contributed by atoms with Gasteiger partial charge in [-0.15, -0.1) is 24.0 Å². The molecule has 0 atom stereocenters. The van der Waals surface area contributed by atoms with Crippen molar-refractivity contribution < 1.29 is 9.47 Å². The quantitative estimate of drug-likeness (QED) is 0.366. The third kappa shape index (κ3) is 6.12. The Morgan fingerprint density at radius 1 is 1.10 bits per heavy atom. The summed E-state index contributed by atoms with van der Waals surface area (Å²) in [5, 5.41) is 3.41. The molecule has 7 nitrogen and oxygen atoms in total. The number of hydrogen-bond donors (Lipinski definition) is 1. The smallest absolute Gasteiger partial charge is 0.213 e. The number of aliphatic imine (C=N–C) groups is 1. The zero-order valence-corrected chi connectivity index (χ0v) is 19.6. The Labute approximate surface area is 190 Å². The number of hydrogen-bond acceptors (Lipinski definition) is 5. The van der Waals surface area contributed by atoms with Crippen LogP contribution in [0.5, 0.6) is 11.6 Å². The highest BCUT2D eigenvalue weighted by molar-refractivity contribution is 14.0. The van der Waals surface area contributed by atoms with Crippen molar-refractivity contribution in [1.82, 2.24) is 15.2 Å². The van der Waals surface area contributed by atoms with Gasteiger partial charge in [0.25, 0.3) is 0 Å². The van der Waals surface area contributed by atoms with Crippen molar-refractivity contribution >= 4 is 35.6 Å². The zero-order valence-electron chi connectivity index (χ0n) is 17.3. The number of para-hydroxylation sites is 2. The number of piperazine rings is 1. The molecule has 0 unspecified atom stereocenters. The van der Waals surface area contributed by atoms with E-state index in [2.05, 4.69) is 39.2 Å². The van der Waals surface area contributed by atoms with Crippen molar-refractivity contribution in [1.29, 1.82) is 0 Å². The molecular formula is C21H30IN5O2. The molecule has 1 aromatic carbocycles. The second-order valence-electron chi connectivity index (χ2n) is 6.52. The van der Waals surface area contributed by atoms with E-state index in [0.717, 1.165) is 55.7 Å². The van der Waals surface area contributed by atoms with Crippen molar-refractivity contribution in [2.45, 2.75) is 13.5 Å². The average Bonchev–Trinajstić information content (AvgIpc) is 2.77. The second-order valence-corrected chi connectivity index (χ2v) is 6.52. The van der Waals surface area contributed by atoms with Crippen LogP contribution in [0.15, 0.2) is 47.6 Å². The summed E-state index contributed by atoms with van der Waals surface area (Å²) >= 11 is 0. The molecule has 2 aromatic rings. The van der Waals surface area contributed by atoms with Crippen LogP contribution < -0.4 is 19.7 Å². The Bertz CT molecular complexity index is 794. The van der Waals surface area contributed by atoms with E-state index in [0.29, 0.717) is 12.4 Å². The van der Waals surface area contributed by atoms with E-state index in [1.54, 1.807) is 20.4 Å². The van der Waals surface area contributed by atoms with Crippen LogP contribution in [-0.4, -0.2) is 62.8 Å². The molecule has 0 saturated carbocycles. The van der Waals surface area contributed by atoms with Gasteiger partial charge in [-0.3, -0.25) is 0 Å². The Kier molecular flexibility index (Phi) is 9.30. The first kappa shape index (κ1) is 23.1. The number of methoxy groups -OCH3 is 2. The van der Waals surface area contributed by atoms with Gasteiger partial charge < -0.3 is 24.6 Å². The van der Waals surface area contributed by atoms with Crippen molar-refractivity contribution in [2.75, 3.05) is 51.8 Å². The van der Waals surface area contributed by atoms with Gasteiger partial charge in [-0.1, -0.05) is 12.1 Å². The number of anilines is 1. The van der Waals surface area contributed by atoms with Gasteiger partial charge in [-0.05, 0) is 30.7 Å². The maximum absolute atomic E-state index is 5.51. The van der Waals surface area contributed by atoms with Crippen LogP contribution in [0.25, 0.3) is 0 Å². The number of nitrogens with zero attached hydrogens (tertiary/aromatic N) is 4. The summed E-state index contributed by atoms with van der Waals surface area (Å²) in [6, 6.07) is 12.1. The van der Waals surface area contributed by atoms with Crippen LogP contribution in [0.1, 0.15) is 12.5 Å². The zero-order chi connectivity index (χ0) is 19.8. The lowest BCUT2D eigenvalue weighted by atomic mass is 10.2. The second kappa shape index (κ2) is 11.7. The standard InChI is InChI=1S/C21H29N5O2.HI/c1-4-22-21(24-16-17-9-10-23-20(15-17)28-3)26-13-11-25(12-14-26)18-7-5-6-8-19(18)27-2;/h5-10,15H,4,11-14,16H2,1-3H3,(H,22,24);1H. The molecule has 1 aliphatic heterocycles. The fourth-order valence-corrected chi connectivity index (χ4v) is 3.30. The van der Waals surface area contributed by atoms with E-state index < -0.39 is 0 Å². The molecule has 0 radical (unpaired) electrons. The van der Waals surface area contributed by atoms with Crippen LogP contribution in [0.3, 0.4) is 0 Å².